The Morgan fingerprint density at radius 2 is 1.00 bits per heavy atom. The molecule has 0 rings (SSSR count). The molecule has 0 heterocycles. The zero-order valence-electron chi connectivity index (χ0n) is 2.02. The molecule has 0 unspecified atom stereocenters. The Hall–Kier alpha value is 0.190. The van der Waals surface area contributed by atoms with E-state index in [1.807, 2.05) is 0 Å². The van der Waals surface area contributed by atoms with Crippen molar-refractivity contribution in [3.63, 3.8) is 0 Å². The minimum Gasteiger partial charge on any atom is -0.202 e. The highest BCUT2D eigenvalue weighted by atomic mass is 32.1. The molecule has 0 bridgehead atoms. The van der Waals surface area contributed by atoms with Gasteiger partial charge >= 0.3 is 0 Å². The summed E-state index contributed by atoms with van der Waals surface area (Å²) >= 11 is 0. The topological polar surface area (TPSA) is 23.8 Å². The number of rotatable bonds is 0. The van der Waals surface area contributed by atoms with Crippen LogP contribution in [0.2, 0.25) is 0 Å². The molecule has 0 N–H and O–H groups in total. The number of hydrogen-bond donors (Lipinski definition) is 0. The summed E-state index contributed by atoms with van der Waals surface area (Å²) in [7, 11) is 0. The average Bonchev–Trinajstić information content (AvgIpc) is 1.00. The monoisotopic (exact) mass is 95.0 g/mol. The molecular weight excluding hydrogens is 90.2 g/mol. The lowest BCUT2D eigenvalue weighted by molar-refractivity contribution is 1.58. The molecule has 0 aliphatic heterocycles. The van der Waals surface area contributed by atoms with Crippen molar-refractivity contribution in [2.75, 3.05) is 0 Å². The van der Waals surface area contributed by atoms with E-state index in [4.69, 9.17) is 5.26 Å². The molecule has 0 saturated heterocycles. The smallest absolute Gasteiger partial charge is 0.0462 e. The van der Waals surface area contributed by atoms with Crippen molar-refractivity contribution < 1.29 is 0 Å². The maximum Gasteiger partial charge on any atom is 0.0462 e. The van der Waals surface area contributed by atoms with Crippen molar-refractivity contribution in [3.05, 3.63) is 0 Å². The van der Waals surface area contributed by atoms with E-state index in [0.717, 1.165) is 0 Å². The highest BCUT2D eigenvalue weighted by molar-refractivity contribution is 7.59. The van der Waals surface area contributed by atoms with Gasteiger partial charge in [0.1, 0.15) is 0 Å². The molecule has 0 aromatic rings. The summed E-state index contributed by atoms with van der Waals surface area (Å²) in [6.45, 7) is 3.50. The molecule has 0 spiro atoms. The number of nitriles is 1. The van der Waals surface area contributed by atoms with Crippen LogP contribution in [0.15, 0.2) is 0 Å². The van der Waals surface area contributed by atoms with Gasteiger partial charge in [0.25, 0.3) is 0 Å². The molecule has 0 radical (unpaired) electrons. The summed E-state index contributed by atoms with van der Waals surface area (Å²) in [5.74, 6) is 0. The quantitative estimate of drug-likeness (QED) is 0.426. The van der Waals surface area contributed by atoms with Crippen LogP contribution in [0, 0.1) is 11.8 Å². The van der Waals surface area contributed by atoms with Gasteiger partial charge in [-0.3, -0.25) is 0 Å². The summed E-state index contributed by atoms with van der Waals surface area (Å²) in [6.07, 6.45) is 0. The molecule has 1 nitrogen and oxygen atoms in total. The van der Waals surface area contributed by atoms with Gasteiger partial charge in [0, 0.05) is 6.57 Å². The second-order valence-electron chi connectivity index (χ2n) is 0. The van der Waals surface area contributed by atoms with E-state index in [9.17, 15) is 0 Å². The van der Waals surface area contributed by atoms with Crippen molar-refractivity contribution in [1.82, 2.24) is 0 Å². The third kappa shape index (κ3) is 85.9. The van der Waals surface area contributed by atoms with E-state index in [0.29, 0.717) is 0 Å². The predicted molar refractivity (Wildman–Crippen MR) is 27.4 cm³/mol. The van der Waals surface area contributed by atoms with Gasteiger partial charge in [-0.1, -0.05) is 0 Å². The molecule has 0 fully saturated rings. The molecule has 0 aliphatic rings. The maximum absolute atomic E-state index is 6.50. The standard InChI is InChI=1S/CHN.2H2S/c1-2;;/h1H;2*1H2. The van der Waals surface area contributed by atoms with Crippen LogP contribution in [-0.4, -0.2) is 0 Å². The molecule has 0 atom stereocenters. The fraction of sp³-hybridized carbons (Fsp3) is 0. The Morgan fingerprint density at radius 3 is 1.00 bits per heavy atom. The van der Waals surface area contributed by atoms with Crippen molar-refractivity contribution in [1.29, 1.82) is 5.26 Å². The van der Waals surface area contributed by atoms with E-state index >= 15 is 0 Å². The summed E-state index contributed by atoms with van der Waals surface area (Å²) in [6, 6.07) is 0. The van der Waals surface area contributed by atoms with E-state index in [1.54, 1.807) is 0 Å². The van der Waals surface area contributed by atoms with Crippen LogP contribution in [0.5, 0.6) is 0 Å². The van der Waals surface area contributed by atoms with Crippen LogP contribution in [0.25, 0.3) is 0 Å². The van der Waals surface area contributed by atoms with Gasteiger partial charge < -0.3 is 0 Å². The molecule has 0 amide bonds. The van der Waals surface area contributed by atoms with Gasteiger partial charge in [-0.2, -0.15) is 27.0 Å². The Kier molecular flexibility index (Phi) is 3190. The second kappa shape index (κ2) is 424. The third-order valence-corrected chi connectivity index (χ3v) is 0. The molecule has 26 valence electrons. The van der Waals surface area contributed by atoms with Crippen LogP contribution < -0.4 is 0 Å². The van der Waals surface area contributed by atoms with Gasteiger partial charge in [-0.05, 0) is 0 Å². The summed E-state index contributed by atoms with van der Waals surface area (Å²) in [5.41, 5.74) is 0. The van der Waals surface area contributed by atoms with E-state index in [2.05, 4.69) is 6.57 Å². The lowest BCUT2D eigenvalue weighted by Gasteiger charge is -0.668. The van der Waals surface area contributed by atoms with Gasteiger partial charge in [0.2, 0.25) is 0 Å². The average molecular weight is 95.2 g/mol. The van der Waals surface area contributed by atoms with Crippen molar-refractivity contribution >= 4 is 27.0 Å². The second-order valence-corrected chi connectivity index (χ2v) is 0. The molecule has 0 aromatic carbocycles. The lowest BCUT2D eigenvalue weighted by Crippen LogP contribution is -0.569. The molecule has 4 heavy (non-hydrogen) atoms. The van der Waals surface area contributed by atoms with Crippen LogP contribution in [0.1, 0.15) is 0 Å². The minimum atomic E-state index is 0. The van der Waals surface area contributed by atoms with Gasteiger partial charge in [0.15, 0.2) is 0 Å². The van der Waals surface area contributed by atoms with Crippen molar-refractivity contribution in [2.45, 2.75) is 0 Å². The highest BCUT2D eigenvalue weighted by Gasteiger charge is 0.513. The first-order valence-electron chi connectivity index (χ1n) is 0.258. The first kappa shape index (κ1) is 30.1. The first-order valence-corrected chi connectivity index (χ1v) is 0.258. The first-order chi connectivity index (χ1) is 1.00. The maximum atomic E-state index is 6.50. The van der Waals surface area contributed by atoms with Crippen LogP contribution in [0.4, 0.5) is 0 Å². The molecular formula is CH5NS2. The van der Waals surface area contributed by atoms with E-state index in [1.165, 1.54) is 0 Å². The Bertz CT molecular complexity index is 10.8. The van der Waals surface area contributed by atoms with E-state index in [-0.39, 0.29) is 27.0 Å². The summed E-state index contributed by atoms with van der Waals surface area (Å²) in [5, 5.41) is 6.50. The summed E-state index contributed by atoms with van der Waals surface area (Å²) < 4.78 is 0. The number of hydrogen-bond acceptors (Lipinski definition) is 1. The largest absolute Gasteiger partial charge is 0.202 e. The Balaban J connectivity index is -0.00000000500. The molecule has 3 heteroatoms. The highest BCUT2D eigenvalue weighted by Crippen LogP contribution is 0.649. The van der Waals surface area contributed by atoms with Crippen molar-refractivity contribution in [2.24, 2.45) is 0 Å². The van der Waals surface area contributed by atoms with Crippen LogP contribution >= 0.6 is 27.0 Å². The van der Waals surface area contributed by atoms with Gasteiger partial charge in [0.05, 0.1) is 0 Å². The fourth-order valence-electron chi connectivity index (χ4n) is 0. The van der Waals surface area contributed by atoms with Gasteiger partial charge in [-0.15, -0.1) is 0 Å². The molecule has 0 aromatic heterocycles. The van der Waals surface area contributed by atoms with E-state index < -0.39 is 0 Å². The molecule has 0 saturated carbocycles. The predicted octanol–water partition coefficient (Wildman–Crippen LogP) is 0.365. The number of nitrogens with zero attached hydrogens (tertiary/aromatic N) is 1. The Labute approximate surface area is 39.5 Å². The van der Waals surface area contributed by atoms with Gasteiger partial charge in [-0.25, -0.2) is 5.26 Å². The normalized spacial score (nSPS) is 0.500. The van der Waals surface area contributed by atoms with Crippen LogP contribution in [0.3, 0.4) is 0 Å². The third-order valence-electron chi connectivity index (χ3n) is 0. The molecule has 0 aliphatic carbocycles. The minimum absolute atomic E-state index is 0. The lowest BCUT2D eigenvalue weighted by atomic mass is 11.9. The summed E-state index contributed by atoms with van der Waals surface area (Å²) in [4.78, 5) is 0. The zero-order valence-corrected chi connectivity index (χ0v) is 4.02. The van der Waals surface area contributed by atoms with Crippen molar-refractivity contribution in [3.8, 4) is 6.57 Å². The fourth-order valence-corrected chi connectivity index (χ4v) is 0. The zero-order chi connectivity index (χ0) is 2.00. The van der Waals surface area contributed by atoms with Crippen LogP contribution in [-0.2, 0) is 0 Å². The SMILES string of the molecule is C#N.S.S. The Morgan fingerprint density at radius 1 is 1.00 bits per heavy atom.